The van der Waals surface area contributed by atoms with Crippen LogP contribution in [0.1, 0.15) is 16.7 Å². The molecule has 0 aliphatic carbocycles. The number of hydrogen-bond donors (Lipinski definition) is 0. The number of aryl methyl sites for hydroxylation is 1. The van der Waals surface area contributed by atoms with Crippen LogP contribution in [0.2, 0.25) is 0 Å². The molecule has 0 saturated carbocycles. The largest absolute Gasteiger partial charge is 0.490 e. The van der Waals surface area contributed by atoms with Gasteiger partial charge in [0.25, 0.3) is 0 Å². The van der Waals surface area contributed by atoms with Crippen LogP contribution in [0.15, 0.2) is 89.6 Å². The first kappa shape index (κ1) is 19.5. The van der Waals surface area contributed by atoms with Gasteiger partial charge in [-0.15, -0.1) is 0 Å². The number of ether oxygens (including phenoxy) is 3. The van der Waals surface area contributed by atoms with Gasteiger partial charge >= 0.3 is 5.97 Å². The fraction of sp³-hybridized carbons (Fsp3) is 0.120. The lowest BCUT2D eigenvalue weighted by atomic mass is 10.2. The summed E-state index contributed by atoms with van der Waals surface area (Å²) in [6.07, 6.45) is 1.70. The maximum absolute atomic E-state index is 12.1. The Morgan fingerprint density at radius 3 is 2.33 bits per heavy atom. The van der Waals surface area contributed by atoms with E-state index in [1.54, 1.807) is 6.08 Å². The molecule has 0 aromatic heterocycles. The van der Waals surface area contributed by atoms with Crippen molar-refractivity contribution in [2.75, 3.05) is 13.2 Å². The van der Waals surface area contributed by atoms with Crippen LogP contribution in [-0.4, -0.2) is 25.1 Å². The number of carbonyl (C=O) groups excluding carboxylic acids is 1. The number of cyclic esters (lactones) is 1. The number of aliphatic imine (C=N–C) groups is 1. The summed E-state index contributed by atoms with van der Waals surface area (Å²) in [7, 11) is 0. The number of hydrogen-bond acceptors (Lipinski definition) is 5. The number of benzene rings is 3. The molecule has 0 N–H and O–H groups in total. The minimum Gasteiger partial charge on any atom is -0.490 e. The quantitative estimate of drug-likeness (QED) is 0.325. The SMILES string of the molecule is Cc1ccccc1OCCOc1ccc(/C=C2/N=C(c3ccccc3)OC2=O)cc1. The minimum atomic E-state index is -0.456. The summed E-state index contributed by atoms with van der Waals surface area (Å²) in [6, 6.07) is 24.7. The number of rotatable bonds is 7. The van der Waals surface area contributed by atoms with Crippen molar-refractivity contribution in [3.63, 3.8) is 0 Å². The van der Waals surface area contributed by atoms with Gasteiger partial charge in [-0.2, -0.15) is 0 Å². The average molecular weight is 399 g/mol. The Hall–Kier alpha value is -3.86. The predicted molar refractivity (Wildman–Crippen MR) is 116 cm³/mol. The van der Waals surface area contributed by atoms with Crippen LogP contribution >= 0.6 is 0 Å². The normalized spacial score (nSPS) is 14.4. The van der Waals surface area contributed by atoms with Gasteiger partial charge in [0, 0.05) is 5.56 Å². The van der Waals surface area contributed by atoms with E-state index >= 15 is 0 Å². The molecule has 5 heteroatoms. The second-order valence-electron chi connectivity index (χ2n) is 6.73. The lowest BCUT2D eigenvalue weighted by Crippen LogP contribution is -2.09. The van der Waals surface area contributed by atoms with Gasteiger partial charge in [0.2, 0.25) is 5.90 Å². The van der Waals surface area contributed by atoms with Crippen LogP contribution < -0.4 is 9.47 Å². The third-order valence-corrected chi connectivity index (χ3v) is 4.53. The van der Waals surface area contributed by atoms with Gasteiger partial charge in [-0.3, -0.25) is 0 Å². The first-order chi connectivity index (χ1) is 14.7. The molecule has 150 valence electrons. The summed E-state index contributed by atoms with van der Waals surface area (Å²) < 4.78 is 16.7. The Balaban J connectivity index is 1.34. The molecule has 0 atom stereocenters. The molecular formula is C25H21NO4. The van der Waals surface area contributed by atoms with E-state index in [2.05, 4.69) is 4.99 Å². The van der Waals surface area contributed by atoms with E-state index in [0.29, 0.717) is 19.1 Å². The van der Waals surface area contributed by atoms with Crippen molar-refractivity contribution in [2.24, 2.45) is 4.99 Å². The summed E-state index contributed by atoms with van der Waals surface area (Å²) in [6.45, 7) is 2.90. The zero-order chi connectivity index (χ0) is 20.8. The topological polar surface area (TPSA) is 57.1 Å². The van der Waals surface area contributed by atoms with Gasteiger partial charge in [-0.25, -0.2) is 9.79 Å². The summed E-state index contributed by atoms with van der Waals surface area (Å²) in [5.74, 6) is 1.46. The van der Waals surface area contributed by atoms with Gasteiger partial charge in [0.05, 0.1) is 0 Å². The Bertz CT molecular complexity index is 1090. The summed E-state index contributed by atoms with van der Waals surface area (Å²) >= 11 is 0. The van der Waals surface area contributed by atoms with E-state index in [4.69, 9.17) is 14.2 Å². The number of carbonyl (C=O) groups is 1. The van der Waals surface area contributed by atoms with E-state index in [1.165, 1.54) is 0 Å². The summed E-state index contributed by atoms with van der Waals surface area (Å²) in [4.78, 5) is 16.4. The first-order valence-electron chi connectivity index (χ1n) is 9.68. The predicted octanol–water partition coefficient (Wildman–Crippen LogP) is 4.80. The third kappa shape index (κ3) is 4.75. The van der Waals surface area contributed by atoms with Crippen molar-refractivity contribution in [1.82, 2.24) is 0 Å². The van der Waals surface area contributed by atoms with Crippen LogP contribution in [-0.2, 0) is 9.53 Å². The molecule has 1 aliphatic heterocycles. The van der Waals surface area contributed by atoms with E-state index in [1.807, 2.05) is 85.8 Å². The van der Waals surface area contributed by atoms with Crippen molar-refractivity contribution in [1.29, 1.82) is 0 Å². The van der Waals surface area contributed by atoms with Crippen molar-refractivity contribution in [2.45, 2.75) is 6.92 Å². The molecule has 4 rings (SSSR count). The highest BCUT2D eigenvalue weighted by atomic mass is 16.6. The van der Waals surface area contributed by atoms with Gasteiger partial charge in [0.15, 0.2) is 5.70 Å². The molecule has 3 aromatic carbocycles. The standard InChI is InChI=1S/C25H21NO4/c1-18-7-5-6-10-23(18)29-16-15-28-21-13-11-19(12-14-21)17-22-25(27)30-24(26-22)20-8-3-2-4-9-20/h2-14,17H,15-16H2,1H3/b22-17+. The zero-order valence-corrected chi connectivity index (χ0v) is 16.6. The fourth-order valence-electron chi connectivity index (χ4n) is 2.96. The second-order valence-corrected chi connectivity index (χ2v) is 6.73. The Labute approximate surface area is 175 Å². The molecule has 0 bridgehead atoms. The van der Waals surface area contributed by atoms with Crippen LogP contribution in [0.4, 0.5) is 0 Å². The fourth-order valence-corrected chi connectivity index (χ4v) is 2.96. The third-order valence-electron chi connectivity index (χ3n) is 4.53. The van der Waals surface area contributed by atoms with Crippen molar-refractivity contribution in [3.05, 3.63) is 101 Å². The average Bonchev–Trinajstić information content (AvgIpc) is 3.14. The van der Waals surface area contributed by atoms with E-state index in [-0.39, 0.29) is 5.70 Å². The molecule has 5 nitrogen and oxygen atoms in total. The van der Waals surface area contributed by atoms with Gasteiger partial charge < -0.3 is 14.2 Å². The first-order valence-corrected chi connectivity index (χ1v) is 9.68. The number of esters is 1. The minimum absolute atomic E-state index is 0.272. The maximum Gasteiger partial charge on any atom is 0.363 e. The van der Waals surface area contributed by atoms with E-state index < -0.39 is 5.97 Å². The molecule has 30 heavy (non-hydrogen) atoms. The van der Waals surface area contributed by atoms with Crippen molar-refractivity contribution >= 4 is 17.9 Å². The van der Waals surface area contributed by atoms with Crippen molar-refractivity contribution < 1.29 is 19.0 Å². The maximum atomic E-state index is 12.1. The van der Waals surface area contributed by atoms with E-state index in [0.717, 1.165) is 28.2 Å². The molecule has 0 saturated heterocycles. The molecule has 0 amide bonds. The molecule has 0 unspecified atom stereocenters. The molecular weight excluding hydrogens is 378 g/mol. The second kappa shape index (κ2) is 9.09. The lowest BCUT2D eigenvalue weighted by molar-refractivity contribution is -0.129. The summed E-state index contributed by atoms with van der Waals surface area (Å²) in [5.41, 5.74) is 2.97. The van der Waals surface area contributed by atoms with Crippen LogP contribution in [0.25, 0.3) is 6.08 Å². The highest BCUT2D eigenvalue weighted by Crippen LogP contribution is 2.21. The zero-order valence-electron chi connectivity index (χ0n) is 16.6. The van der Waals surface area contributed by atoms with Gasteiger partial charge in [-0.05, 0) is 54.5 Å². The van der Waals surface area contributed by atoms with Crippen LogP contribution in [0, 0.1) is 6.92 Å². The van der Waals surface area contributed by atoms with Crippen LogP contribution in [0.3, 0.4) is 0 Å². The highest BCUT2D eigenvalue weighted by Gasteiger charge is 2.23. The molecule has 0 radical (unpaired) electrons. The summed E-state index contributed by atoms with van der Waals surface area (Å²) in [5, 5.41) is 0. The number of nitrogens with zero attached hydrogens (tertiary/aromatic N) is 1. The van der Waals surface area contributed by atoms with Gasteiger partial charge in [-0.1, -0.05) is 48.5 Å². The van der Waals surface area contributed by atoms with Crippen LogP contribution in [0.5, 0.6) is 11.5 Å². The number of para-hydroxylation sites is 1. The molecule has 0 spiro atoms. The Kier molecular flexibility index (Phi) is 5.90. The van der Waals surface area contributed by atoms with Gasteiger partial charge in [0.1, 0.15) is 24.7 Å². The van der Waals surface area contributed by atoms with Crippen molar-refractivity contribution in [3.8, 4) is 11.5 Å². The molecule has 1 aliphatic rings. The molecule has 3 aromatic rings. The highest BCUT2D eigenvalue weighted by molar-refractivity contribution is 6.12. The molecule has 1 heterocycles. The Morgan fingerprint density at radius 1 is 0.867 bits per heavy atom. The molecule has 0 fully saturated rings. The Morgan fingerprint density at radius 2 is 1.57 bits per heavy atom. The lowest BCUT2D eigenvalue weighted by Gasteiger charge is -2.10. The van der Waals surface area contributed by atoms with E-state index in [9.17, 15) is 4.79 Å². The monoisotopic (exact) mass is 399 g/mol. The smallest absolute Gasteiger partial charge is 0.363 e.